The zero-order valence-electron chi connectivity index (χ0n) is 12.1. The monoisotopic (exact) mass is 276 g/mol. The Kier molecular flexibility index (Phi) is 2.83. The third-order valence-electron chi connectivity index (χ3n) is 6.26. The SMILES string of the molecule is O=C(N1CCC(=NO)CC1)C12CC3CC(CC(C3)C1)C2. The van der Waals surface area contributed by atoms with Gasteiger partial charge in [-0.25, -0.2) is 0 Å². The molecule has 1 saturated heterocycles. The number of amides is 1. The van der Waals surface area contributed by atoms with Crippen LogP contribution in [0.3, 0.4) is 0 Å². The highest BCUT2D eigenvalue weighted by Crippen LogP contribution is 2.60. The van der Waals surface area contributed by atoms with Crippen LogP contribution in [0.4, 0.5) is 0 Å². The number of carbonyl (C=O) groups is 1. The van der Waals surface area contributed by atoms with Crippen molar-refractivity contribution < 1.29 is 10.0 Å². The summed E-state index contributed by atoms with van der Waals surface area (Å²) in [6.07, 6.45) is 9.08. The number of likely N-dealkylation sites (tertiary alicyclic amines) is 1. The number of hydrogen-bond acceptors (Lipinski definition) is 3. The Morgan fingerprint density at radius 2 is 1.55 bits per heavy atom. The van der Waals surface area contributed by atoms with E-state index < -0.39 is 0 Å². The van der Waals surface area contributed by atoms with Crippen molar-refractivity contribution in [2.45, 2.75) is 51.4 Å². The van der Waals surface area contributed by atoms with Gasteiger partial charge in [-0.15, -0.1) is 0 Å². The summed E-state index contributed by atoms with van der Waals surface area (Å²) >= 11 is 0. The fourth-order valence-corrected chi connectivity index (χ4v) is 5.78. The molecule has 5 fully saturated rings. The molecule has 0 aromatic heterocycles. The van der Waals surface area contributed by atoms with Gasteiger partial charge in [0, 0.05) is 25.9 Å². The van der Waals surface area contributed by atoms with Crippen molar-refractivity contribution in [3.63, 3.8) is 0 Å². The van der Waals surface area contributed by atoms with Crippen LogP contribution in [0.25, 0.3) is 0 Å². The molecule has 4 heteroatoms. The summed E-state index contributed by atoms with van der Waals surface area (Å²) in [6.45, 7) is 1.50. The average molecular weight is 276 g/mol. The predicted octanol–water partition coefficient (Wildman–Crippen LogP) is 2.66. The van der Waals surface area contributed by atoms with E-state index in [9.17, 15) is 4.79 Å². The van der Waals surface area contributed by atoms with Crippen LogP contribution in [0.1, 0.15) is 51.4 Å². The van der Waals surface area contributed by atoms with Crippen LogP contribution in [-0.2, 0) is 4.79 Å². The lowest BCUT2D eigenvalue weighted by Gasteiger charge is -2.56. The molecule has 0 aromatic rings. The van der Waals surface area contributed by atoms with Gasteiger partial charge in [0.1, 0.15) is 0 Å². The quantitative estimate of drug-likeness (QED) is 0.591. The van der Waals surface area contributed by atoms with Crippen molar-refractivity contribution >= 4 is 11.6 Å². The number of nitrogens with zero attached hydrogens (tertiary/aromatic N) is 2. The highest BCUT2D eigenvalue weighted by molar-refractivity contribution is 5.89. The van der Waals surface area contributed by atoms with Crippen LogP contribution in [0, 0.1) is 23.2 Å². The van der Waals surface area contributed by atoms with Gasteiger partial charge in [-0.05, 0) is 56.3 Å². The third kappa shape index (κ3) is 1.87. The zero-order valence-corrected chi connectivity index (χ0v) is 12.1. The second kappa shape index (κ2) is 4.47. The van der Waals surface area contributed by atoms with E-state index in [4.69, 9.17) is 5.21 Å². The molecule has 0 aromatic carbocycles. The summed E-state index contributed by atoms with van der Waals surface area (Å²) in [5, 5.41) is 12.1. The minimum absolute atomic E-state index is 0.0113. The van der Waals surface area contributed by atoms with Crippen LogP contribution in [-0.4, -0.2) is 34.8 Å². The number of oxime groups is 1. The van der Waals surface area contributed by atoms with E-state index in [0.717, 1.165) is 68.7 Å². The summed E-state index contributed by atoms with van der Waals surface area (Å²) in [6, 6.07) is 0. The van der Waals surface area contributed by atoms with Crippen molar-refractivity contribution in [3.8, 4) is 0 Å². The standard InChI is InChI=1S/C16H24N2O2/c19-15(18-3-1-14(17-20)2-4-18)16-8-11-5-12(9-16)7-13(6-11)10-16/h11-13,20H,1-10H2. The molecule has 0 spiro atoms. The van der Waals surface area contributed by atoms with E-state index >= 15 is 0 Å². The molecule has 1 N–H and O–H groups in total. The van der Waals surface area contributed by atoms with Gasteiger partial charge in [-0.1, -0.05) is 5.16 Å². The normalized spacial score (nSPS) is 42.9. The fourth-order valence-electron chi connectivity index (χ4n) is 5.78. The second-order valence-electron chi connectivity index (χ2n) is 7.66. The molecular weight excluding hydrogens is 252 g/mol. The van der Waals surface area contributed by atoms with Crippen molar-refractivity contribution in [1.29, 1.82) is 0 Å². The molecule has 5 aliphatic rings. The molecule has 110 valence electrons. The Labute approximate surface area is 120 Å². The average Bonchev–Trinajstić information content (AvgIpc) is 2.45. The highest BCUT2D eigenvalue weighted by Gasteiger charge is 2.55. The first-order valence-electron chi connectivity index (χ1n) is 8.18. The smallest absolute Gasteiger partial charge is 0.228 e. The lowest BCUT2D eigenvalue weighted by Crippen LogP contribution is -2.55. The van der Waals surface area contributed by atoms with Crippen LogP contribution >= 0.6 is 0 Å². The summed E-state index contributed by atoms with van der Waals surface area (Å²) < 4.78 is 0. The summed E-state index contributed by atoms with van der Waals surface area (Å²) in [4.78, 5) is 15.1. The lowest BCUT2D eigenvalue weighted by atomic mass is 9.49. The number of carbonyl (C=O) groups excluding carboxylic acids is 1. The summed E-state index contributed by atoms with van der Waals surface area (Å²) in [5.41, 5.74) is 0.836. The van der Waals surface area contributed by atoms with Crippen molar-refractivity contribution in [2.75, 3.05) is 13.1 Å². The van der Waals surface area contributed by atoms with Gasteiger partial charge >= 0.3 is 0 Å². The van der Waals surface area contributed by atoms with Gasteiger partial charge in [-0.3, -0.25) is 4.79 Å². The molecule has 0 unspecified atom stereocenters. The fraction of sp³-hybridized carbons (Fsp3) is 0.875. The first-order valence-corrected chi connectivity index (χ1v) is 8.18. The molecule has 1 heterocycles. The molecule has 4 saturated carbocycles. The van der Waals surface area contributed by atoms with Gasteiger partial charge in [0.15, 0.2) is 0 Å². The highest BCUT2D eigenvalue weighted by atomic mass is 16.4. The molecule has 5 rings (SSSR count). The first-order chi connectivity index (χ1) is 9.68. The van der Waals surface area contributed by atoms with Crippen LogP contribution in [0.2, 0.25) is 0 Å². The molecule has 1 amide bonds. The molecule has 4 aliphatic carbocycles. The molecule has 4 nitrogen and oxygen atoms in total. The number of hydrogen-bond donors (Lipinski definition) is 1. The van der Waals surface area contributed by atoms with E-state index in [2.05, 4.69) is 10.1 Å². The van der Waals surface area contributed by atoms with E-state index in [-0.39, 0.29) is 5.41 Å². The summed E-state index contributed by atoms with van der Waals surface area (Å²) in [5.74, 6) is 2.90. The number of rotatable bonds is 1. The predicted molar refractivity (Wildman–Crippen MR) is 75.6 cm³/mol. The lowest BCUT2D eigenvalue weighted by molar-refractivity contribution is -0.157. The summed E-state index contributed by atoms with van der Waals surface area (Å²) in [7, 11) is 0. The number of piperidine rings is 1. The minimum Gasteiger partial charge on any atom is -0.411 e. The molecular formula is C16H24N2O2. The largest absolute Gasteiger partial charge is 0.411 e. The topological polar surface area (TPSA) is 52.9 Å². The van der Waals surface area contributed by atoms with Crippen LogP contribution in [0.5, 0.6) is 0 Å². The Bertz CT molecular complexity index is 412. The van der Waals surface area contributed by atoms with Crippen molar-refractivity contribution in [3.05, 3.63) is 0 Å². The van der Waals surface area contributed by atoms with E-state index in [0.29, 0.717) is 5.91 Å². The third-order valence-corrected chi connectivity index (χ3v) is 6.26. The molecule has 0 radical (unpaired) electrons. The van der Waals surface area contributed by atoms with Gasteiger partial charge in [0.05, 0.1) is 11.1 Å². The first kappa shape index (κ1) is 12.7. The maximum Gasteiger partial charge on any atom is 0.228 e. The molecule has 1 aliphatic heterocycles. The van der Waals surface area contributed by atoms with Gasteiger partial charge < -0.3 is 10.1 Å². The Morgan fingerprint density at radius 1 is 1.05 bits per heavy atom. The van der Waals surface area contributed by atoms with Gasteiger partial charge in [0.25, 0.3) is 0 Å². The molecule has 4 bridgehead atoms. The van der Waals surface area contributed by atoms with E-state index in [1.54, 1.807) is 0 Å². The maximum absolute atomic E-state index is 13.1. The van der Waals surface area contributed by atoms with E-state index in [1.165, 1.54) is 19.3 Å². The van der Waals surface area contributed by atoms with E-state index in [1.807, 2.05) is 0 Å². The Hall–Kier alpha value is -1.06. The van der Waals surface area contributed by atoms with Crippen molar-refractivity contribution in [1.82, 2.24) is 4.90 Å². The van der Waals surface area contributed by atoms with Gasteiger partial charge in [0.2, 0.25) is 5.91 Å². The van der Waals surface area contributed by atoms with Gasteiger partial charge in [-0.2, -0.15) is 0 Å². The van der Waals surface area contributed by atoms with Crippen LogP contribution < -0.4 is 0 Å². The van der Waals surface area contributed by atoms with Crippen LogP contribution in [0.15, 0.2) is 5.16 Å². The van der Waals surface area contributed by atoms with Crippen molar-refractivity contribution in [2.24, 2.45) is 28.3 Å². The Balaban J connectivity index is 1.51. The second-order valence-corrected chi connectivity index (χ2v) is 7.66. The minimum atomic E-state index is -0.0113. The molecule has 0 atom stereocenters. The molecule has 20 heavy (non-hydrogen) atoms. The zero-order chi connectivity index (χ0) is 13.7. The Morgan fingerprint density at radius 3 is 2.00 bits per heavy atom. The maximum atomic E-state index is 13.1.